The van der Waals surface area contributed by atoms with Gasteiger partial charge in [0.1, 0.15) is 5.69 Å². The average Bonchev–Trinajstić information content (AvgIpc) is 2.77. The molecule has 1 aromatic carbocycles. The molecule has 0 saturated heterocycles. The molecule has 0 bridgehead atoms. The number of amides is 2. The van der Waals surface area contributed by atoms with Crippen molar-refractivity contribution >= 4 is 27.7 Å². The van der Waals surface area contributed by atoms with Gasteiger partial charge < -0.3 is 5.73 Å². The third kappa shape index (κ3) is 2.60. The van der Waals surface area contributed by atoms with Crippen LogP contribution >= 0.6 is 15.9 Å². The highest BCUT2D eigenvalue weighted by Gasteiger charge is 2.10. The van der Waals surface area contributed by atoms with Gasteiger partial charge >= 0.3 is 0 Å². The zero-order valence-corrected chi connectivity index (χ0v) is 10.8. The van der Waals surface area contributed by atoms with Crippen LogP contribution in [0.1, 0.15) is 20.8 Å². The Morgan fingerprint density at radius 1 is 1.22 bits per heavy atom. The van der Waals surface area contributed by atoms with Gasteiger partial charge in [0.25, 0.3) is 11.8 Å². The van der Waals surface area contributed by atoms with Crippen LogP contribution in [0.25, 0.3) is 0 Å². The third-order valence-corrected chi connectivity index (χ3v) is 2.80. The summed E-state index contributed by atoms with van der Waals surface area (Å²) in [5.41, 5.74) is 8.45. The topological polar surface area (TPSA) is 77.1 Å². The molecule has 0 aliphatic heterocycles. The molecular weight excluding hydrogens is 298 g/mol. The summed E-state index contributed by atoms with van der Waals surface area (Å²) in [6.45, 7) is 0. The summed E-state index contributed by atoms with van der Waals surface area (Å²) < 4.78 is 2.10. The van der Waals surface area contributed by atoms with Gasteiger partial charge in [-0.05, 0) is 30.3 Å². The van der Waals surface area contributed by atoms with Gasteiger partial charge in [0, 0.05) is 16.2 Å². The van der Waals surface area contributed by atoms with E-state index in [4.69, 9.17) is 5.73 Å². The van der Waals surface area contributed by atoms with E-state index in [-0.39, 0.29) is 11.6 Å². The summed E-state index contributed by atoms with van der Waals surface area (Å²) in [5, 5.41) is 0. The predicted octanol–water partition coefficient (Wildman–Crippen LogP) is 1.73. The fourth-order valence-electron chi connectivity index (χ4n) is 1.48. The summed E-state index contributed by atoms with van der Waals surface area (Å²) in [6, 6.07) is 10.1. The number of aromatic nitrogens is 1. The van der Waals surface area contributed by atoms with Crippen LogP contribution in [0.4, 0.5) is 0 Å². The maximum atomic E-state index is 11.9. The van der Waals surface area contributed by atoms with Crippen molar-refractivity contribution in [1.29, 1.82) is 0 Å². The largest absolute Gasteiger partial charge is 0.364 e. The number of nitrogens with one attached hydrogen (secondary N) is 1. The van der Waals surface area contributed by atoms with E-state index in [1.54, 1.807) is 30.5 Å². The fraction of sp³-hybridized carbons (Fsp3) is 0. The number of nitrogens with zero attached hydrogens (tertiary/aromatic N) is 1. The van der Waals surface area contributed by atoms with Crippen LogP contribution in [-0.2, 0) is 0 Å². The molecule has 0 saturated carbocycles. The lowest BCUT2D eigenvalue weighted by Gasteiger charge is -2.09. The molecule has 18 heavy (non-hydrogen) atoms. The van der Waals surface area contributed by atoms with Gasteiger partial charge in [-0.2, -0.15) is 0 Å². The van der Waals surface area contributed by atoms with Crippen LogP contribution in [0.5, 0.6) is 0 Å². The second-order valence-corrected chi connectivity index (χ2v) is 4.49. The Labute approximate surface area is 112 Å². The molecule has 2 rings (SSSR count). The molecule has 0 aliphatic carbocycles. The monoisotopic (exact) mass is 307 g/mol. The number of hydrogen-bond acceptors (Lipinski definition) is 2. The van der Waals surface area contributed by atoms with Crippen LogP contribution in [0.3, 0.4) is 0 Å². The molecule has 1 aromatic heterocycles. The van der Waals surface area contributed by atoms with E-state index in [9.17, 15) is 9.59 Å². The van der Waals surface area contributed by atoms with Crippen LogP contribution in [-0.4, -0.2) is 16.5 Å². The van der Waals surface area contributed by atoms with Crippen LogP contribution in [0.15, 0.2) is 47.1 Å². The molecule has 2 amide bonds. The zero-order chi connectivity index (χ0) is 13.1. The zero-order valence-electron chi connectivity index (χ0n) is 9.26. The van der Waals surface area contributed by atoms with Gasteiger partial charge in [-0.25, -0.2) is 0 Å². The number of rotatable bonds is 3. The number of primary amides is 1. The number of halogens is 1. The fourth-order valence-corrected chi connectivity index (χ4v) is 1.88. The highest BCUT2D eigenvalue weighted by atomic mass is 79.9. The molecule has 0 atom stereocenters. The lowest BCUT2D eigenvalue weighted by molar-refractivity contribution is 0.0988. The van der Waals surface area contributed by atoms with Crippen molar-refractivity contribution in [2.24, 2.45) is 5.73 Å². The Kier molecular flexibility index (Phi) is 3.47. The van der Waals surface area contributed by atoms with E-state index in [0.29, 0.717) is 5.56 Å². The minimum Gasteiger partial charge on any atom is -0.364 e. The minimum absolute atomic E-state index is 0.221. The van der Waals surface area contributed by atoms with E-state index in [1.165, 1.54) is 10.7 Å². The summed E-state index contributed by atoms with van der Waals surface area (Å²) in [7, 11) is 0. The molecule has 92 valence electrons. The molecule has 0 fully saturated rings. The second kappa shape index (κ2) is 5.05. The second-order valence-electron chi connectivity index (χ2n) is 3.58. The SMILES string of the molecule is NC(=O)c1cccn1NC(=O)c1cccc(Br)c1. The lowest BCUT2D eigenvalue weighted by atomic mass is 10.2. The maximum Gasteiger partial charge on any atom is 0.270 e. The van der Waals surface area contributed by atoms with Crippen LogP contribution in [0, 0.1) is 0 Å². The summed E-state index contributed by atoms with van der Waals surface area (Å²) in [6.07, 6.45) is 1.55. The predicted molar refractivity (Wildman–Crippen MR) is 70.8 cm³/mol. The van der Waals surface area contributed by atoms with Gasteiger partial charge in [-0.15, -0.1) is 0 Å². The molecule has 0 spiro atoms. The van der Waals surface area contributed by atoms with Crippen molar-refractivity contribution in [3.8, 4) is 0 Å². The minimum atomic E-state index is -0.602. The lowest BCUT2D eigenvalue weighted by Crippen LogP contribution is -2.27. The van der Waals surface area contributed by atoms with Crippen molar-refractivity contribution in [2.45, 2.75) is 0 Å². The summed E-state index contributed by atoms with van der Waals surface area (Å²) in [4.78, 5) is 23.0. The first-order valence-electron chi connectivity index (χ1n) is 5.12. The van der Waals surface area contributed by atoms with Crippen LogP contribution in [0.2, 0.25) is 0 Å². The first-order valence-corrected chi connectivity index (χ1v) is 5.91. The molecule has 1 heterocycles. The highest BCUT2D eigenvalue weighted by Crippen LogP contribution is 2.12. The van der Waals surface area contributed by atoms with Crippen molar-refractivity contribution in [1.82, 2.24) is 4.68 Å². The smallest absolute Gasteiger partial charge is 0.270 e. The third-order valence-electron chi connectivity index (χ3n) is 2.31. The van der Waals surface area contributed by atoms with Gasteiger partial charge in [0.15, 0.2) is 0 Å². The van der Waals surface area contributed by atoms with E-state index in [1.807, 2.05) is 6.07 Å². The van der Waals surface area contributed by atoms with E-state index < -0.39 is 5.91 Å². The molecule has 6 heteroatoms. The summed E-state index contributed by atoms with van der Waals surface area (Å²) in [5.74, 6) is -0.926. The quantitative estimate of drug-likeness (QED) is 0.906. The molecular formula is C12H10BrN3O2. The number of benzene rings is 1. The summed E-state index contributed by atoms with van der Waals surface area (Å²) >= 11 is 3.29. The molecule has 0 radical (unpaired) electrons. The Morgan fingerprint density at radius 2 is 2.00 bits per heavy atom. The number of hydrogen-bond donors (Lipinski definition) is 2. The van der Waals surface area contributed by atoms with E-state index in [0.717, 1.165) is 4.47 Å². The Morgan fingerprint density at radius 3 is 2.67 bits per heavy atom. The van der Waals surface area contributed by atoms with Crippen LogP contribution < -0.4 is 11.2 Å². The molecule has 5 nitrogen and oxygen atoms in total. The first-order chi connectivity index (χ1) is 8.58. The highest BCUT2D eigenvalue weighted by molar-refractivity contribution is 9.10. The van der Waals surface area contributed by atoms with Gasteiger partial charge in [-0.1, -0.05) is 22.0 Å². The molecule has 0 aliphatic rings. The standard InChI is InChI=1S/C12H10BrN3O2/c13-9-4-1-3-8(7-9)12(18)15-16-6-2-5-10(16)11(14)17/h1-7H,(H2,14,17)(H,15,18). The van der Waals surface area contributed by atoms with Gasteiger partial charge in [-0.3, -0.25) is 19.7 Å². The maximum absolute atomic E-state index is 11.9. The number of carbonyl (C=O) groups excluding carboxylic acids is 2. The van der Waals surface area contributed by atoms with Gasteiger partial charge in [0.05, 0.1) is 0 Å². The Hall–Kier alpha value is -2.08. The Balaban J connectivity index is 2.21. The number of carbonyl (C=O) groups is 2. The Bertz CT molecular complexity index is 607. The first kappa shape index (κ1) is 12.4. The molecule has 3 N–H and O–H groups in total. The van der Waals surface area contributed by atoms with Crippen molar-refractivity contribution in [3.05, 3.63) is 58.3 Å². The average molecular weight is 308 g/mol. The van der Waals surface area contributed by atoms with E-state index in [2.05, 4.69) is 21.4 Å². The van der Waals surface area contributed by atoms with Crippen molar-refractivity contribution in [3.63, 3.8) is 0 Å². The number of nitrogens with two attached hydrogens (primary N) is 1. The normalized spacial score (nSPS) is 10.1. The molecule has 2 aromatic rings. The van der Waals surface area contributed by atoms with Crippen molar-refractivity contribution < 1.29 is 9.59 Å². The van der Waals surface area contributed by atoms with E-state index >= 15 is 0 Å². The van der Waals surface area contributed by atoms with Crippen molar-refractivity contribution in [2.75, 3.05) is 5.43 Å². The molecule has 0 unspecified atom stereocenters. The van der Waals surface area contributed by atoms with Gasteiger partial charge in [0.2, 0.25) is 0 Å².